The van der Waals surface area contributed by atoms with Crippen LogP contribution in [0.2, 0.25) is 0 Å². The Kier molecular flexibility index (Phi) is 3.23. The molecule has 0 unspecified atom stereocenters. The van der Waals surface area contributed by atoms with E-state index >= 15 is 0 Å². The maximum absolute atomic E-state index is 12.4. The summed E-state index contributed by atoms with van der Waals surface area (Å²) in [6.45, 7) is 0. The Bertz CT molecular complexity index is 535. The van der Waals surface area contributed by atoms with Crippen molar-refractivity contribution in [2.75, 3.05) is 7.11 Å². The van der Waals surface area contributed by atoms with Crippen molar-refractivity contribution in [3.05, 3.63) is 48.2 Å². The number of ether oxygens (including phenoxy) is 1. The van der Waals surface area contributed by atoms with Crippen LogP contribution in [-0.2, 0) is 6.18 Å². The van der Waals surface area contributed by atoms with E-state index in [1.54, 1.807) is 18.3 Å². The van der Waals surface area contributed by atoms with Gasteiger partial charge in [-0.3, -0.25) is 0 Å². The maximum atomic E-state index is 12.4. The van der Waals surface area contributed by atoms with Gasteiger partial charge in [-0.2, -0.15) is 13.2 Å². The van der Waals surface area contributed by atoms with Crippen LogP contribution in [0.15, 0.2) is 42.6 Å². The van der Waals surface area contributed by atoms with E-state index in [1.165, 1.54) is 19.2 Å². The van der Waals surface area contributed by atoms with Crippen LogP contribution in [0.1, 0.15) is 5.56 Å². The first-order valence-corrected chi connectivity index (χ1v) is 5.19. The molecule has 2 aromatic rings. The minimum absolute atomic E-state index is 0.386. The third-order valence-corrected chi connectivity index (χ3v) is 2.49. The predicted molar refractivity (Wildman–Crippen MR) is 61.2 cm³/mol. The van der Waals surface area contributed by atoms with Crippen molar-refractivity contribution in [2.24, 2.45) is 0 Å². The van der Waals surface area contributed by atoms with Gasteiger partial charge in [0.1, 0.15) is 0 Å². The van der Waals surface area contributed by atoms with Crippen molar-refractivity contribution < 1.29 is 17.9 Å². The van der Waals surface area contributed by atoms with Gasteiger partial charge >= 0.3 is 6.18 Å². The molecule has 0 aliphatic carbocycles. The highest BCUT2D eigenvalue weighted by Gasteiger charge is 2.30. The number of halogens is 3. The van der Waals surface area contributed by atoms with Gasteiger partial charge in [-0.05, 0) is 29.8 Å². The predicted octanol–water partition coefficient (Wildman–Crippen LogP) is 3.78. The summed E-state index contributed by atoms with van der Waals surface area (Å²) in [6, 6.07) is 8.35. The molecule has 0 amide bonds. The van der Waals surface area contributed by atoms with Gasteiger partial charge in [0.25, 0.3) is 0 Å². The Morgan fingerprint density at radius 2 is 1.72 bits per heavy atom. The second kappa shape index (κ2) is 4.68. The van der Waals surface area contributed by atoms with E-state index in [1.807, 2.05) is 0 Å². The monoisotopic (exact) mass is 253 g/mol. The molecular formula is C13H10F3NO. The van der Waals surface area contributed by atoms with E-state index < -0.39 is 11.7 Å². The average Bonchev–Trinajstić information content (AvgIpc) is 2.38. The molecule has 0 bridgehead atoms. The number of benzene rings is 1. The number of pyridine rings is 1. The zero-order chi connectivity index (χ0) is 13.2. The van der Waals surface area contributed by atoms with E-state index in [0.29, 0.717) is 17.0 Å². The van der Waals surface area contributed by atoms with Gasteiger partial charge in [0.05, 0.1) is 12.7 Å². The zero-order valence-corrected chi connectivity index (χ0v) is 9.53. The van der Waals surface area contributed by atoms with Crippen molar-refractivity contribution >= 4 is 0 Å². The van der Waals surface area contributed by atoms with Gasteiger partial charge in [0, 0.05) is 11.8 Å². The normalized spacial score (nSPS) is 11.3. The number of hydrogen-bond donors (Lipinski definition) is 0. The van der Waals surface area contributed by atoms with Crippen LogP contribution in [0.25, 0.3) is 11.1 Å². The van der Waals surface area contributed by atoms with Crippen LogP contribution in [0, 0.1) is 0 Å². The average molecular weight is 253 g/mol. The zero-order valence-electron chi connectivity index (χ0n) is 9.53. The molecule has 94 valence electrons. The molecule has 18 heavy (non-hydrogen) atoms. The number of rotatable bonds is 2. The van der Waals surface area contributed by atoms with E-state index in [4.69, 9.17) is 4.74 Å². The molecule has 0 saturated heterocycles. The minimum Gasteiger partial charge on any atom is -0.481 e. The molecule has 0 fully saturated rings. The topological polar surface area (TPSA) is 22.1 Å². The smallest absolute Gasteiger partial charge is 0.416 e. The lowest BCUT2D eigenvalue weighted by molar-refractivity contribution is -0.137. The van der Waals surface area contributed by atoms with Gasteiger partial charge < -0.3 is 4.74 Å². The molecule has 0 aliphatic rings. The molecule has 0 saturated carbocycles. The molecule has 2 nitrogen and oxygen atoms in total. The fraction of sp³-hybridized carbons (Fsp3) is 0.154. The SMILES string of the molecule is COc1ncccc1-c1ccc(C(F)(F)F)cc1. The van der Waals surface area contributed by atoms with Crippen molar-refractivity contribution in [1.29, 1.82) is 0 Å². The highest BCUT2D eigenvalue weighted by atomic mass is 19.4. The first-order chi connectivity index (χ1) is 8.52. The standard InChI is InChI=1S/C13H10F3NO/c1-18-12-11(3-2-8-17-12)9-4-6-10(7-5-9)13(14,15)16/h2-8H,1H3. The second-order valence-corrected chi connectivity index (χ2v) is 3.64. The van der Waals surface area contributed by atoms with Crippen molar-refractivity contribution in [2.45, 2.75) is 6.18 Å². The molecule has 0 aliphatic heterocycles. The fourth-order valence-electron chi connectivity index (χ4n) is 1.61. The van der Waals surface area contributed by atoms with E-state index in [9.17, 15) is 13.2 Å². The largest absolute Gasteiger partial charge is 0.481 e. The van der Waals surface area contributed by atoms with Gasteiger partial charge in [-0.15, -0.1) is 0 Å². The Balaban J connectivity index is 2.41. The second-order valence-electron chi connectivity index (χ2n) is 3.64. The van der Waals surface area contributed by atoms with Gasteiger partial charge in [-0.1, -0.05) is 12.1 Å². The first kappa shape index (κ1) is 12.4. The van der Waals surface area contributed by atoms with E-state index in [2.05, 4.69) is 4.98 Å². The molecule has 2 rings (SSSR count). The molecule has 0 radical (unpaired) electrons. The third kappa shape index (κ3) is 2.45. The maximum Gasteiger partial charge on any atom is 0.416 e. The van der Waals surface area contributed by atoms with Gasteiger partial charge in [0.15, 0.2) is 0 Å². The van der Waals surface area contributed by atoms with Crippen molar-refractivity contribution in [3.63, 3.8) is 0 Å². The highest BCUT2D eigenvalue weighted by molar-refractivity contribution is 5.68. The molecule has 0 atom stereocenters. The number of alkyl halides is 3. The number of nitrogens with zero attached hydrogens (tertiary/aromatic N) is 1. The summed E-state index contributed by atoms with van der Waals surface area (Å²) in [6.07, 6.45) is -2.76. The van der Waals surface area contributed by atoms with Crippen LogP contribution in [0.3, 0.4) is 0 Å². The number of methoxy groups -OCH3 is 1. The van der Waals surface area contributed by atoms with Crippen LogP contribution < -0.4 is 4.74 Å². The Hall–Kier alpha value is -2.04. The van der Waals surface area contributed by atoms with Crippen molar-refractivity contribution in [1.82, 2.24) is 4.98 Å². The highest BCUT2D eigenvalue weighted by Crippen LogP contribution is 2.32. The van der Waals surface area contributed by atoms with Crippen LogP contribution in [-0.4, -0.2) is 12.1 Å². The third-order valence-electron chi connectivity index (χ3n) is 2.49. The molecule has 5 heteroatoms. The fourth-order valence-corrected chi connectivity index (χ4v) is 1.61. The van der Waals surface area contributed by atoms with Gasteiger partial charge in [-0.25, -0.2) is 4.98 Å². The van der Waals surface area contributed by atoms with Crippen LogP contribution in [0.4, 0.5) is 13.2 Å². The van der Waals surface area contributed by atoms with E-state index in [-0.39, 0.29) is 0 Å². The summed E-state index contributed by atoms with van der Waals surface area (Å²) in [7, 11) is 1.47. The van der Waals surface area contributed by atoms with Crippen LogP contribution >= 0.6 is 0 Å². The molecule has 1 aromatic heterocycles. The van der Waals surface area contributed by atoms with E-state index in [0.717, 1.165) is 12.1 Å². The molecule has 0 N–H and O–H groups in total. The minimum atomic E-state index is -4.32. The lowest BCUT2D eigenvalue weighted by Crippen LogP contribution is -2.04. The molecule has 1 aromatic carbocycles. The Labute approximate surface area is 102 Å². The molecule has 1 heterocycles. The first-order valence-electron chi connectivity index (χ1n) is 5.19. The quantitative estimate of drug-likeness (QED) is 0.812. The van der Waals surface area contributed by atoms with Gasteiger partial charge in [0.2, 0.25) is 5.88 Å². The number of aromatic nitrogens is 1. The summed E-state index contributed by atoms with van der Waals surface area (Å²) in [5.74, 6) is 0.386. The molecule has 0 spiro atoms. The van der Waals surface area contributed by atoms with Crippen molar-refractivity contribution in [3.8, 4) is 17.0 Å². The van der Waals surface area contributed by atoms with Crippen LogP contribution in [0.5, 0.6) is 5.88 Å². The summed E-state index contributed by atoms with van der Waals surface area (Å²) in [5.41, 5.74) is 0.621. The lowest BCUT2D eigenvalue weighted by Gasteiger charge is -2.09. The summed E-state index contributed by atoms with van der Waals surface area (Å²) < 4.78 is 42.4. The summed E-state index contributed by atoms with van der Waals surface area (Å²) >= 11 is 0. The molecular weight excluding hydrogens is 243 g/mol. The summed E-state index contributed by atoms with van der Waals surface area (Å²) in [5, 5.41) is 0. The summed E-state index contributed by atoms with van der Waals surface area (Å²) in [4.78, 5) is 4.00. The Morgan fingerprint density at radius 1 is 1.06 bits per heavy atom. The number of hydrogen-bond acceptors (Lipinski definition) is 2. The lowest BCUT2D eigenvalue weighted by atomic mass is 10.1. The Morgan fingerprint density at radius 3 is 2.28 bits per heavy atom.